The molecule has 1 fully saturated rings. The van der Waals surface area contributed by atoms with E-state index in [9.17, 15) is 9.59 Å². The molecule has 1 saturated carbocycles. The molecule has 9 heteroatoms. The van der Waals surface area contributed by atoms with E-state index in [4.69, 9.17) is 4.42 Å². The Hall–Kier alpha value is -2.26. The number of hydrogen-bond acceptors (Lipinski definition) is 6. The van der Waals surface area contributed by atoms with Gasteiger partial charge in [-0.2, -0.15) is 0 Å². The topological polar surface area (TPSA) is 102 Å². The number of hydrogen-bond donors (Lipinski definition) is 3. The number of rotatable bonds is 8. The molecule has 1 unspecified atom stereocenters. The van der Waals surface area contributed by atoms with Crippen molar-refractivity contribution in [3.8, 4) is 10.8 Å². The number of thiophene rings is 1. The van der Waals surface area contributed by atoms with E-state index in [0.717, 1.165) is 48.4 Å². The summed E-state index contributed by atoms with van der Waals surface area (Å²) in [5, 5.41) is 15.4. The van der Waals surface area contributed by atoms with Crippen molar-refractivity contribution in [2.24, 2.45) is 0 Å². The second kappa shape index (κ2) is 9.61. The van der Waals surface area contributed by atoms with Gasteiger partial charge in [0.05, 0.1) is 11.4 Å². The Morgan fingerprint density at radius 2 is 2.15 bits per heavy atom. The highest BCUT2D eigenvalue weighted by Crippen LogP contribution is 2.22. The zero-order valence-corrected chi connectivity index (χ0v) is 16.3. The molecule has 146 valence electrons. The van der Waals surface area contributed by atoms with E-state index in [1.165, 1.54) is 11.3 Å². The SMILES string of the molecule is CCC[NH+](CC(=O)NC(=O)NC1CCCC1)Cc1nnc(-c2cccs2)o1. The van der Waals surface area contributed by atoms with Gasteiger partial charge in [-0.05, 0) is 30.7 Å². The van der Waals surface area contributed by atoms with Crippen molar-refractivity contribution in [2.75, 3.05) is 13.1 Å². The smallest absolute Gasteiger partial charge is 0.321 e. The highest BCUT2D eigenvalue weighted by atomic mass is 32.1. The molecule has 0 bridgehead atoms. The molecule has 8 nitrogen and oxygen atoms in total. The fraction of sp³-hybridized carbons (Fsp3) is 0.556. The van der Waals surface area contributed by atoms with Gasteiger partial charge in [-0.1, -0.05) is 25.8 Å². The second-order valence-corrected chi connectivity index (χ2v) is 7.78. The minimum absolute atomic E-state index is 0.183. The maximum Gasteiger partial charge on any atom is 0.321 e. The van der Waals surface area contributed by atoms with Crippen molar-refractivity contribution in [1.29, 1.82) is 0 Å². The average Bonchev–Trinajstić information content (AvgIpc) is 3.37. The van der Waals surface area contributed by atoms with Gasteiger partial charge >= 0.3 is 6.03 Å². The second-order valence-electron chi connectivity index (χ2n) is 6.83. The third-order valence-corrected chi connectivity index (χ3v) is 5.42. The van der Waals surface area contributed by atoms with Gasteiger partial charge in [-0.15, -0.1) is 21.5 Å². The van der Waals surface area contributed by atoms with Crippen molar-refractivity contribution in [2.45, 2.75) is 51.6 Å². The molecule has 1 aliphatic rings. The molecule has 0 aromatic carbocycles. The Labute approximate surface area is 162 Å². The third kappa shape index (κ3) is 5.86. The van der Waals surface area contributed by atoms with Crippen molar-refractivity contribution >= 4 is 23.3 Å². The molecule has 2 heterocycles. The highest BCUT2D eigenvalue weighted by Gasteiger charge is 2.22. The van der Waals surface area contributed by atoms with E-state index in [1.807, 2.05) is 17.5 Å². The highest BCUT2D eigenvalue weighted by molar-refractivity contribution is 7.13. The molecule has 2 aromatic heterocycles. The first kappa shape index (κ1) is 19.5. The molecule has 1 atom stereocenters. The van der Waals surface area contributed by atoms with Crippen LogP contribution in [0.2, 0.25) is 0 Å². The van der Waals surface area contributed by atoms with Crippen LogP contribution in [0.1, 0.15) is 44.9 Å². The molecule has 3 rings (SSSR count). The Kier molecular flexibility index (Phi) is 6.94. The van der Waals surface area contributed by atoms with Crippen molar-refractivity contribution in [3.05, 3.63) is 23.4 Å². The van der Waals surface area contributed by atoms with Gasteiger partial charge in [0.1, 0.15) is 0 Å². The monoisotopic (exact) mass is 392 g/mol. The summed E-state index contributed by atoms with van der Waals surface area (Å²) in [5.41, 5.74) is 0. The molecule has 0 radical (unpaired) electrons. The van der Waals surface area contributed by atoms with Gasteiger partial charge in [0.15, 0.2) is 13.1 Å². The van der Waals surface area contributed by atoms with Gasteiger partial charge in [0, 0.05) is 6.04 Å². The molecule has 0 saturated heterocycles. The average molecular weight is 393 g/mol. The van der Waals surface area contributed by atoms with Crippen LogP contribution in [0, 0.1) is 0 Å². The number of quaternary nitrogens is 1. The fourth-order valence-corrected chi connectivity index (χ4v) is 3.97. The van der Waals surface area contributed by atoms with Crippen LogP contribution in [0.4, 0.5) is 4.79 Å². The van der Waals surface area contributed by atoms with Crippen LogP contribution in [-0.4, -0.2) is 41.3 Å². The van der Waals surface area contributed by atoms with Crippen LogP contribution in [0.3, 0.4) is 0 Å². The minimum Gasteiger partial charge on any atom is -0.414 e. The summed E-state index contributed by atoms with van der Waals surface area (Å²) in [4.78, 5) is 26.1. The fourth-order valence-electron chi connectivity index (χ4n) is 3.32. The summed E-state index contributed by atoms with van der Waals surface area (Å²) in [6.07, 6.45) is 5.13. The Bertz CT molecular complexity index is 740. The van der Waals surface area contributed by atoms with Gasteiger partial charge < -0.3 is 14.6 Å². The molecule has 0 spiro atoms. The van der Waals surface area contributed by atoms with E-state index in [1.54, 1.807) is 0 Å². The predicted octanol–water partition coefficient (Wildman–Crippen LogP) is 1.36. The predicted molar refractivity (Wildman–Crippen MR) is 101 cm³/mol. The summed E-state index contributed by atoms with van der Waals surface area (Å²) in [6, 6.07) is 3.64. The Morgan fingerprint density at radius 3 is 2.85 bits per heavy atom. The largest absolute Gasteiger partial charge is 0.414 e. The minimum atomic E-state index is -0.402. The van der Waals surface area contributed by atoms with Gasteiger partial charge in [0.25, 0.3) is 17.7 Å². The maximum absolute atomic E-state index is 12.2. The van der Waals surface area contributed by atoms with Crippen LogP contribution in [0.5, 0.6) is 0 Å². The van der Waals surface area contributed by atoms with E-state index in [0.29, 0.717) is 18.3 Å². The summed E-state index contributed by atoms with van der Waals surface area (Å²) < 4.78 is 5.71. The normalized spacial score (nSPS) is 15.6. The number of nitrogens with zero attached hydrogens (tertiary/aromatic N) is 2. The number of nitrogens with one attached hydrogen (secondary N) is 3. The molecule has 1 aliphatic carbocycles. The number of imide groups is 1. The summed E-state index contributed by atoms with van der Waals surface area (Å²) >= 11 is 1.54. The van der Waals surface area contributed by atoms with Crippen LogP contribution in [0.25, 0.3) is 10.8 Å². The molecular formula is C18H26N5O3S+. The Morgan fingerprint density at radius 1 is 1.33 bits per heavy atom. The standard InChI is InChI=1S/C18H25N5O3S/c1-2-9-23(11-15(24)20-18(25)19-13-6-3-4-7-13)12-16-21-22-17(26-16)14-8-5-10-27-14/h5,8,10,13H,2-4,6-7,9,11-12H2,1H3,(H2,19,20,24,25)/p+1. The number of aromatic nitrogens is 2. The summed E-state index contributed by atoms with van der Waals surface area (Å²) in [5.74, 6) is 0.688. The lowest BCUT2D eigenvalue weighted by Crippen LogP contribution is -3.12. The molecule has 2 aromatic rings. The first-order chi connectivity index (χ1) is 13.1. The number of urea groups is 1. The molecule has 0 aliphatic heterocycles. The quantitative estimate of drug-likeness (QED) is 0.630. The van der Waals surface area contributed by atoms with Gasteiger partial charge in [-0.3, -0.25) is 10.1 Å². The maximum atomic E-state index is 12.2. The molecular weight excluding hydrogens is 366 g/mol. The lowest BCUT2D eigenvalue weighted by Gasteiger charge is -2.17. The van der Waals surface area contributed by atoms with Gasteiger partial charge in [0.2, 0.25) is 0 Å². The summed E-state index contributed by atoms with van der Waals surface area (Å²) in [7, 11) is 0. The van der Waals surface area contributed by atoms with E-state index < -0.39 is 6.03 Å². The first-order valence-electron chi connectivity index (χ1n) is 9.44. The number of carbonyl (C=O) groups excluding carboxylic acids is 2. The lowest BCUT2D eigenvalue weighted by molar-refractivity contribution is -0.907. The lowest BCUT2D eigenvalue weighted by atomic mass is 10.2. The van der Waals surface area contributed by atoms with Crippen LogP contribution < -0.4 is 15.5 Å². The molecule has 3 amide bonds. The van der Waals surface area contributed by atoms with Crippen molar-refractivity contribution in [1.82, 2.24) is 20.8 Å². The zero-order chi connectivity index (χ0) is 19.1. The van der Waals surface area contributed by atoms with Crippen molar-refractivity contribution < 1.29 is 18.9 Å². The zero-order valence-electron chi connectivity index (χ0n) is 15.5. The number of carbonyl (C=O) groups is 2. The number of amides is 3. The van der Waals surface area contributed by atoms with Crippen LogP contribution in [-0.2, 0) is 11.3 Å². The van der Waals surface area contributed by atoms with E-state index >= 15 is 0 Å². The molecule has 27 heavy (non-hydrogen) atoms. The van der Waals surface area contributed by atoms with Gasteiger partial charge in [-0.25, -0.2) is 4.79 Å². The van der Waals surface area contributed by atoms with Crippen LogP contribution in [0.15, 0.2) is 21.9 Å². The van der Waals surface area contributed by atoms with Crippen molar-refractivity contribution in [3.63, 3.8) is 0 Å². The molecule has 3 N–H and O–H groups in total. The Balaban J connectivity index is 1.50. The van der Waals surface area contributed by atoms with E-state index in [2.05, 4.69) is 27.8 Å². The third-order valence-electron chi connectivity index (χ3n) is 4.56. The van der Waals surface area contributed by atoms with E-state index in [-0.39, 0.29) is 18.5 Å². The van der Waals surface area contributed by atoms with Crippen LogP contribution >= 0.6 is 11.3 Å². The first-order valence-corrected chi connectivity index (χ1v) is 10.3. The summed E-state index contributed by atoms with van der Waals surface area (Å²) in [6.45, 7) is 3.45.